The van der Waals surface area contributed by atoms with Gasteiger partial charge in [0.25, 0.3) is 5.91 Å². The highest BCUT2D eigenvalue weighted by atomic mass is 32.2. The third kappa shape index (κ3) is 5.37. The highest BCUT2D eigenvalue weighted by molar-refractivity contribution is 8.00. The number of carbonyl (C=O) groups excluding carboxylic acids is 3. The van der Waals surface area contributed by atoms with Crippen LogP contribution in [0.2, 0.25) is 0 Å². The Morgan fingerprint density at radius 1 is 1.00 bits per heavy atom. The smallest absolute Gasteiger partial charge is 0.339 e. The minimum atomic E-state index is -5.44. The average molecular weight is 539 g/mol. The average Bonchev–Trinajstić information content (AvgIpc) is 3.34. The molecule has 0 spiro atoms. The predicted molar refractivity (Wildman–Crippen MR) is 118 cm³/mol. The van der Waals surface area contributed by atoms with Crippen molar-refractivity contribution in [1.82, 2.24) is 20.4 Å². The van der Waals surface area contributed by atoms with Crippen LogP contribution < -0.4 is 10.6 Å². The van der Waals surface area contributed by atoms with Crippen LogP contribution in [0.4, 0.5) is 31.1 Å². The van der Waals surface area contributed by atoms with Crippen molar-refractivity contribution in [2.45, 2.75) is 49.2 Å². The first kappa shape index (κ1) is 26.4. The van der Waals surface area contributed by atoms with Gasteiger partial charge in [-0.3, -0.25) is 9.59 Å². The van der Waals surface area contributed by atoms with Crippen LogP contribution >= 0.6 is 11.8 Å². The van der Waals surface area contributed by atoms with E-state index in [-0.39, 0.29) is 67.9 Å². The molecule has 3 aliphatic heterocycles. The van der Waals surface area contributed by atoms with Gasteiger partial charge >= 0.3 is 12.2 Å². The van der Waals surface area contributed by atoms with E-state index < -0.39 is 40.7 Å². The van der Waals surface area contributed by atoms with Crippen molar-refractivity contribution >= 4 is 29.6 Å². The topological polar surface area (TPSA) is 81.8 Å². The molecule has 1 aromatic rings. The fraction of sp³-hybridized carbons (Fsp3) is 0.591. The number of piperazine rings is 1. The number of rotatable bonds is 6. The largest absolute Gasteiger partial charge is 0.422 e. The second kappa shape index (κ2) is 10.4. The molecule has 4 rings (SSSR count). The Balaban J connectivity index is 1.25. The van der Waals surface area contributed by atoms with Crippen LogP contribution in [0.25, 0.3) is 0 Å². The van der Waals surface area contributed by atoms with E-state index in [1.807, 2.05) is 0 Å². The van der Waals surface area contributed by atoms with E-state index in [2.05, 4.69) is 10.6 Å². The highest BCUT2D eigenvalue weighted by Gasteiger charge is 2.43. The minimum Gasteiger partial charge on any atom is -0.339 e. The Morgan fingerprint density at radius 3 is 2.33 bits per heavy atom. The lowest BCUT2D eigenvalue weighted by Gasteiger charge is -2.35. The Bertz CT molecular complexity index is 1050. The summed E-state index contributed by atoms with van der Waals surface area (Å²) in [6.45, 7) is -0.143. The van der Waals surface area contributed by atoms with Gasteiger partial charge in [0.2, 0.25) is 5.91 Å². The van der Waals surface area contributed by atoms with Crippen molar-refractivity contribution in [2.24, 2.45) is 0 Å². The van der Waals surface area contributed by atoms with Crippen molar-refractivity contribution in [2.75, 3.05) is 31.9 Å². The van der Waals surface area contributed by atoms with E-state index in [0.717, 1.165) is 23.5 Å². The summed E-state index contributed by atoms with van der Waals surface area (Å²) < 4.78 is 80.8. The molecule has 1 aromatic carbocycles. The minimum absolute atomic E-state index is 0.0566. The van der Waals surface area contributed by atoms with E-state index >= 15 is 0 Å². The quantitative estimate of drug-likeness (QED) is 0.332. The van der Waals surface area contributed by atoms with Crippen molar-refractivity contribution in [3.05, 3.63) is 34.6 Å². The number of amides is 4. The van der Waals surface area contributed by atoms with E-state index in [9.17, 15) is 40.7 Å². The number of unbranched alkanes of at least 4 members (excludes halogenated alkanes) is 1. The van der Waals surface area contributed by atoms with E-state index in [4.69, 9.17) is 0 Å². The zero-order chi connectivity index (χ0) is 26.2. The number of hydrogen-bond donors (Lipinski definition) is 2. The Labute approximate surface area is 206 Å². The predicted octanol–water partition coefficient (Wildman–Crippen LogP) is 3.13. The Morgan fingerprint density at radius 2 is 1.67 bits per heavy atom. The van der Waals surface area contributed by atoms with Crippen LogP contribution in [0.1, 0.15) is 41.6 Å². The van der Waals surface area contributed by atoms with Crippen LogP contribution in [0, 0.1) is 17.5 Å². The first-order chi connectivity index (χ1) is 17.0. The van der Waals surface area contributed by atoms with Gasteiger partial charge in [-0.15, -0.1) is 0 Å². The monoisotopic (exact) mass is 538 g/mol. The molecular weight excluding hydrogens is 514 g/mol. The van der Waals surface area contributed by atoms with Gasteiger partial charge in [0.05, 0.1) is 12.1 Å². The van der Waals surface area contributed by atoms with Gasteiger partial charge < -0.3 is 20.4 Å². The van der Waals surface area contributed by atoms with Gasteiger partial charge in [0.15, 0.2) is 5.82 Å². The molecule has 3 atom stereocenters. The second-order valence-corrected chi connectivity index (χ2v) is 10.2. The molecule has 36 heavy (non-hydrogen) atoms. The molecule has 3 fully saturated rings. The highest BCUT2D eigenvalue weighted by Crippen LogP contribution is 2.36. The number of urea groups is 1. The Kier molecular flexibility index (Phi) is 7.62. The number of fused-ring (bicyclic) bond motifs is 1. The number of alkyl halides is 3. The summed E-state index contributed by atoms with van der Waals surface area (Å²) in [4.78, 5) is 39.0. The SMILES string of the molecule is O=C1NC2CSC(CCCCC(=O)N3CCN(C(=O)c4c(F)cc(F)c(C(F)(F)F)c4F)CC3)C2N1. The molecule has 3 saturated heterocycles. The molecule has 0 radical (unpaired) electrons. The van der Waals surface area contributed by atoms with E-state index in [0.29, 0.717) is 6.42 Å². The third-order valence-electron chi connectivity index (χ3n) is 6.65. The number of halogens is 6. The van der Waals surface area contributed by atoms with Crippen LogP contribution in [-0.2, 0) is 11.0 Å². The molecule has 3 aliphatic rings. The molecule has 198 valence electrons. The number of nitrogens with zero attached hydrogens (tertiary/aromatic N) is 2. The fourth-order valence-electron chi connectivity index (χ4n) is 4.79. The van der Waals surface area contributed by atoms with Crippen LogP contribution in [-0.4, -0.2) is 76.9 Å². The molecule has 3 unspecified atom stereocenters. The summed E-state index contributed by atoms with van der Waals surface area (Å²) in [6.07, 6.45) is -2.92. The Hall–Kier alpha value is -2.64. The van der Waals surface area contributed by atoms with Gasteiger partial charge in [-0.05, 0) is 12.8 Å². The maximum atomic E-state index is 14.3. The summed E-state index contributed by atoms with van der Waals surface area (Å²) in [6, 6.07) is -0.0917. The maximum absolute atomic E-state index is 14.3. The lowest BCUT2D eigenvalue weighted by molar-refractivity contribution is -0.142. The summed E-state index contributed by atoms with van der Waals surface area (Å²) in [5, 5.41) is 6.06. The van der Waals surface area contributed by atoms with Gasteiger partial charge in [-0.25, -0.2) is 18.0 Å². The van der Waals surface area contributed by atoms with Crippen molar-refractivity contribution in [3.8, 4) is 0 Å². The summed E-state index contributed by atoms with van der Waals surface area (Å²) >= 11 is 1.78. The van der Waals surface area contributed by atoms with Crippen LogP contribution in [0.3, 0.4) is 0 Å². The molecular formula is C22H24F6N4O3S. The molecule has 2 N–H and O–H groups in total. The molecule has 4 amide bonds. The van der Waals surface area contributed by atoms with Gasteiger partial charge in [-0.1, -0.05) is 6.42 Å². The molecule has 0 aromatic heterocycles. The van der Waals surface area contributed by atoms with Crippen LogP contribution in [0.15, 0.2) is 6.07 Å². The van der Waals surface area contributed by atoms with Gasteiger partial charge in [0, 0.05) is 49.7 Å². The zero-order valence-electron chi connectivity index (χ0n) is 19.0. The third-order valence-corrected chi connectivity index (χ3v) is 8.16. The summed E-state index contributed by atoms with van der Waals surface area (Å²) in [5.41, 5.74) is -3.79. The molecule has 14 heteroatoms. The van der Waals surface area contributed by atoms with Gasteiger partial charge in [-0.2, -0.15) is 24.9 Å². The number of nitrogens with one attached hydrogen (secondary N) is 2. The zero-order valence-corrected chi connectivity index (χ0v) is 19.8. The lowest BCUT2D eigenvalue weighted by atomic mass is 10.0. The molecule has 0 bridgehead atoms. The first-order valence-electron chi connectivity index (χ1n) is 11.5. The maximum Gasteiger partial charge on any atom is 0.422 e. The van der Waals surface area contributed by atoms with Crippen LogP contribution in [0.5, 0.6) is 0 Å². The van der Waals surface area contributed by atoms with Crippen molar-refractivity contribution < 1.29 is 40.7 Å². The standard InChI is InChI=1S/C22H24F6N4O3S/c23-11-9-12(24)17(22(26,27)28)18(25)16(11)20(34)32-7-5-31(6-8-32)15(33)4-2-1-3-14-19-13(10-36-14)29-21(35)30-19/h9,13-14,19H,1-8,10H2,(H2,29,30,35). The fourth-order valence-corrected chi connectivity index (χ4v) is 6.33. The second-order valence-electron chi connectivity index (χ2n) is 8.94. The van der Waals surface area contributed by atoms with Gasteiger partial charge in [0.1, 0.15) is 22.8 Å². The normalized spacial score (nSPS) is 23.9. The summed E-state index contributed by atoms with van der Waals surface area (Å²) in [7, 11) is 0. The number of hydrogen-bond acceptors (Lipinski definition) is 4. The first-order valence-corrected chi connectivity index (χ1v) is 12.5. The molecule has 3 heterocycles. The van der Waals surface area contributed by atoms with E-state index in [1.54, 1.807) is 11.8 Å². The van der Waals surface area contributed by atoms with E-state index in [1.165, 1.54) is 4.90 Å². The molecule has 7 nitrogen and oxygen atoms in total. The lowest BCUT2D eigenvalue weighted by Crippen LogP contribution is -2.51. The number of benzene rings is 1. The molecule has 0 aliphatic carbocycles. The molecule has 0 saturated carbocycles. The van der Waals surface area contributed by atoms with Crippen molar-refractivity contribution in [1.29, 1.82) is 0 Å². The summed E-state index contributed by atoms with van der Waals surface area (Å²) in [5.74, 6) is -6.79. The number of thioether (sulfide) groups is 1. The number of carbonyl (C=O) groups is 3. The van der Waals surface area contributed by atoms with Crippen molar-refractivity contribution in [3.63, 3.8) is 0 Å².